The molecule has 0 aliphatic carbocycles. The molecular weight excluding hydrogens is 246 g/mol. The van der Waals surface area contributed by atoms with Crippen LogP contribution >= 0.6 is 0 Å². The lowest BCUT2D eigenvalue weighted by molar-refractivity contribution is -0.0438. The van der Waals surface area contributed by atoms with Crippen molar-refractivity contribution in [3.05, 3.63) is 23.5 Å². The van der Waals surface area contributed by atoms with E-state index in [1.165, 1.54) is 0 Å². The second-order valence-electron chi connectivity index (χ2n) is 4.88. The Kier molecular flexibility index (Phi) is 3.12. The Hall–Kier alpha value is -1.66. The van der Waals surface area contributed by atoms with Crippen LogP contribution in [0.2, 0.25) is 0 Å². The number of hydrogen-bond donors (Lipinski definition) is 1. The van der Waals surface area contributed by atoms with Crippen LogP contribution in [0, 0.1) is 13.8 Å². The molecule has 102 valence electrons. The SMILES string of the molecule is Cc1cc(-c2noc([C@H]3CNC[C@@H](C)O3)n2)c(C)o1. The highest BCUT2D eigenvalue weighted by Gasteiger charge is 2.26. The molecule has 6 nitrogen and oxygen atoms in total. The number of hydrogen-bond acceptors (Lipinski definition) is 6. The van der Waals surface area contributed by atoms with Crippen molar-refractivity contribution in [3.63, 3.8) is 0 Å². The number of morpholine rings is 1. The average Bonchev–Trinajstić information content (AvgIpc) is 2.96. The maximum Gasteiger partial charge on any atom is 0.257 e. The summed E-state index contributed by atoms with van der Waals surface area (Å²) >= 11 is 0. The Morgan fingerprint density at radius 3 is 2.84 bits per heavy atom. The average molecular weight is 263 g/mol. The molecule has 0 spiro atoms. The smallest absolute Gasteiger partial charge is 0.257 e. The minimum absolute atomic E-state index is 0.145. The Morgan fingerprint density at radius 2 is 2.16 bits per heavy atom. The minimum Gasteiger partial charge on any atom is -0.466 e. The number of nitrogens with zero attached hydrogens (tertiary/aromatic N) is 2. The fourth-order valence-corrected chi connectivity index (χ4v) is 2.27. The van der Waals surface area contributed by atoms with Crippen LogP contribution in [0.3, 0.4) is 0 Å². The molecule has 2 atom stereocenters. The molecule has 1 aliphatic heterocycles. The molecule has 2 aromatic rings. The van der Waals surface area contributed by atoms with Crippen molar-refractivity contribution >= 4 is 0 Å². The van der Waals surface area contributed by atoms with Gasteiger partial charge >= 0.3 is 0 Å². The highest BCUT2D eigenvalue weighted by atomic mass is 16.5. The van der Waals surface area contributed by atoms with Crippen LogP contribution in [-0.2, 0) is 4.74 Å². The van der Waals surface area contributed by atoms with Crippen LogP contribution in [-0.4, -0.2) is 29.3 Å². The van der Waals surface area contributed by atoms with Gasteiger partial charge in [-0.25, -0.2) is 0 Å². The highest BCUT2D eigenvalue weighted by molar-refractivity contribution is 5.57. The van der Waals surface area contributed by atoms with Gasteiger partial charge in [0.25, 0.3) is 5.89 Å². The molecule has 1 aliphatic rings. The van der Waals surface area contributed by atoms with E-state index in [-0.39, 0.29) is 12.2 Å². The van der Waals surface area contributed by atoms with E-state index in [1.54, 1.807) is 0 Å². The zero-order chi connectivity index (χ0) is 13.4. The van der Waals surface area contributed by atoms with Crippen LogP contribution in [0.15, 0.2) is 15.0 Å². The van der Waals surface area contributed by atoms with Crippen molar-refractivity contribution in [1.29, 1.82) is 0 Å². The molecule has 0 aromatic carbocycles. The monoisotopic (exact) mass is 263 g/mol. The highest BCUT2D eigenvalue weighted by Crippen LogP contribution is 2.26. The third kappa shape index (κ3) is 2.41. The molecule has 0 saturated carbocycles. The van der Waals surface area contributed by atoms with Crippen molar-refractivity contribution in [3.8, 4) is 11.4 Å². The van der Waals surface area contributed by atoms with E-state index in [2.05, 4.69) is 15.5 Å². The Balaban J connectivity index is 1.85. The summed E-state index contributed by atoms with van der Waals surface area (Å²) in [4.78, 5) is 4.41. The molecule has 2 aromatic heterocycles. The summed E-state index contributed by atoms with van der Waals surface area (Å²) < 4.78 is 16.6. The van der Waals surface area contributed by atoms with E-state index in [4.69, 9.17) is 13.7 Å². The number of nitrogens with one attached hydrogen (secondary N) is 1. The molecule has 0 radical (unpaired) electrons. The molecule has 0 unspecified atom stereocenters. The fourth-order valence-electron chi connectivity index (χ4n) is 2.27. The number of ether oxygens (including phenoxy) is 1. The van der Waals surface area contributed by atoms with Gasteiger partial charge in [-0.2, -0.15) is 4.98 Å². The van der Waals surface area contributed by atoms with Crippen LogP contribution < -0.4 is 5.32 Å². The molecule has 3 rings (SSSR count). The topological polar surface area (TPSA) is 73.3 Å². The van der Waals surface area contributed by atoms with Gasteiger partial charge in [0.2, 0.25) is 5.82 Å². The van der Waals surface area contributed by atoms with Gasteiger partial charge in [-0.3, -0.25) is 0 Å². The van der Waals surface area contributed by atoms with Gasteiger partial charge in [-0.1, -0.05) is 5.16 Å². The number of rotatable bonds is 2. The lowest BCUT2D eigenvalue weighted by atomic mass is 10.2. The number of furan rings is 1. The van der Waals surface area contributed by atoms with Crippen molar-refractivity contribution in [2.24, 2.45) is 0 Å². The van der Waals surface area contributed by atoms with Crippen LogP contribution in [0.1, 0.15) is 30.4 Å². The summed E-state index contributed by atoms with van der Waals surface area (Å²) in [6.07, 6.45) is -0.0368. The molecule has 0 bridgehead atoms. The van der Waals surface area contributed by atoms with E-state index in [9.17, 15) is 0 Å². The van der Waals surface area contributed by atoms with Crippen molar-refractivity contribution in [1.82, 2.24) is 15.5 Å². The first-order chi connectivity index (χ1) is 9.13. The van der Waals surface area contributed by atoms with Gasteiger partial charge < -0.3 is 19.0 Å². The summed E-state index contributed by atoms with van der Waals surface area (Å²) in [5.74, 6) is 2.68. The van der Waals surface area contributed by atoms with Gasteiger partial charge in [0.05, 0.1) is 11.7 Å². The molecule has 3 heterocycles. The van der Waals surface area contributed by atoms with Crippen molar-refractivity contribution < 1.29 is 13.7 Å². The summed E-state index contributed by atoms with van der Waals surface area (Å²) in [6, 6.07) is 1.91. The second kappa shape index (κ2) is 4.79. The second-order valence-corrected chi connectivity index (χ2v) is 4.88. The van der Waals surface area contributed by atoms with Crippen LogP contribution in [0.5, 0.6) is 0 Å². The third-order valence-electron chi connectivity index (χ3n) is 3.16. The van der Waals surface area contributed by atoms with E-state index in [0.717, 1.165) is 23.6 Å². The summed E-state index contributed by atoms with van der Waals surface area (Å²) in [6.45, 7) is 7.33. The fraction of sp³-hybridized carbons (Fsp3) is 0.538. The third-order valence-corrected chi connectivity index (χ3v) is 3.16. The van der Waals surface area contributed by atoms with Gasteiger partial charge in [0, 0.05) is 13.1 Å². The normalized spacial score (nSPS) is 23.7. The molecular formula is C13H17N3O3. The Labute approximate surface area is 111 Å². The number of aryl methyl sites for hydroxylation is 2. The molecule has 1 N–H and O–H groups in total. The molecule has 19 heavy (non-hydrogen) atoms. The minimum atomic E-state index is -0.182. The van der Waals surface area contributed by atoms with Crippen LogP contribution in [0.4, 0.5) is 0 Å². The predicted molar refractivity (Wildman–Crippen MR) is 67.6 cm³/mol. The van der Waals surface area contributed by atoms with E-state index >= 15 is 0 Å². The predicted octanol–water partition coefficient (Wildman–Crippen LogP) is 2.00. The van der Waals surface area contributed by atoms with Crippen molar-refractivity contribution in [2.45, 2.75) is 33.0 Å². The molecule has 0 amide bonds. The Morgan fingerprint density at radius 1 is 1.32 bits per heavy atom. The number of aromatic nitrogens is 2. The van der Waals surface area contributed by atoms with Gasteiger partial charge in [-0.05, 0) is 26.8 Å². The van der Waals surface area contributed by atoms with E-state index in [0.29, 0.717) is 18.3 Å². The van der Waals surface area contributed by atoms with E-state index < -0.39 is 0 Å². The quantitative estimate of drug-likeness (QED) is 0.893. The largest absolute Gasteiger partial charge is 0.466 e. The van der Waals surface area contributed by atoms with Gasteiger partial charge in [0.15, 0.2) is 0 Å². The first-order valence-corrected chi connectivity index (χ1v) is 6.40. The lowest BCUT2D eigenvalue weighted by Gasteiger charge is -2.25. The molecule has 1 saturated heterocycles. The summed E-state index contributed by atoms with van der Waals surface area (Å²) in [7, 11) is 0. The first kappa shape index (κ1) is 12.4. The van der Waals surface area contributed by atoms with Crippen LogP contribution in [0.25, 0.3) is 11.4 Å². The lowest BCUT2D eigenvalue weighted by Crippen LogP contribution is -2.39. The van der Waals surface area contributed by atoms with Gasteiger partial charge in [-0.15, -0.1) is 0 Å². The zero-order valence-corrected chi connectivity index (χ0v) is 11.3. The van der Waals surface area contributed by atoms with Crippen molar-refractivity contribution in [2.75, 3.05) is 13.1 Å². The summed E-state index contributed by atoms with van der Waals surface area (Å²) in [5, 5.41) is 7.28. The zero-order valence-electron chi connectivity index (χ0n) is 11.3. The standard InChI is InChI=1S/C13H17N3O3/c1-7-4-10(9(3)17-7)12-15-13(19-16-12)11-6-14-5-8(2)18-11/h4,8,11,14H,5-6H2,1-3H3/t8-,11-/m1/s1. The maximum absolute atomic E-state index is 5.77. The summed E-state index contributed by atoms with van der Waals surface area (Å²) in [5.41, 5.74) is 0.865. The maximum atomic E-state index is 5.77. The molecule has 1 fully saturated rings. The van der Waals surface area contributed by atoms with Gasteiger partial charge in [0.1, 0.15) is 17.6 Å². The Bertz CT molecular complexity index is 575. The van der Waals surface area contributed by atoms with E-state index in [1.807, 2.05) is 26.8 Å². The molecule has 6 heteroatoms. The first-order valence-electron chi connectivity index (χ1n) is 6.40.